The van der Waals surface area contributed by atoms with Crippen molar-refractivity contribution in [1.82, 2.24) is 9.80 Å². The summed E-state index contributed by atoms with van der Waals surface area (Å²) in [5.74, 6) is -0.384. The van der Waals surface area contributed by atoms with Gasteiger partial charge >= 0.3 is 12.0 Å². The first-order chi connectivity index (χ1) is 16.9. The van der Waals surface area contributed by atoms with Gasteiger partial charge in [0.05, 0.1) is 12.7 Å². The molecule has 1 saturated heterocycles. The lowest BCUT2D eigenvalue weighted by atomic mass is 10.00. The predicted molar refractivity (Wildman–Crippen MR) is 144 cm³/mol. The highest BCUT2D eigenvalue weighted by Gasteiger charge is 2.29. The number of amides is 2. The molecule has 1 unspecified atom stereocenters. The van der Waals surface area contributed by atoms with Gasteiger partial charge in [0.2, 0.25) is 0 Å². The number of likely N-dealkylation sites (tertiary alicyclic amines) is 1. The van der Waals surface area contributed by atoms with Crippen LogP contribution >= 0.6 is 0 Å². The Labute approximate surface area is 211 Å². The van der Waals surface area contributed by atoms with Crippen LogP contribution in [0, 0.1) is 6.92 Å². The summed E-state index contributed by atoms with van der Waals surface area (Å²) in [5, 5.41) is 3.09. The summed E-state index contributed by atoms with van der Waals surface area (Å²) in [5.41, 5.74) is 3.13. The van der Waals surface area contributed by atoms with Gasteiger partial charge in [0.25, 0.3) is 0 Å². The van der Waals surface area contributed by atoms with Gasteiger partial charge in [-0.2, -0.15) is 0 Å². The number of nitrogens with zero attached hydrogens (tertiary/aromatic N) is 2. The van der Waals surface area contributed by atoms with Gasteiger partial charge in [0.15, 0.2) is 0 Å². The number of nitrogens with one attached hydrogen (secondary N) is 1. The third-order valence-corrected chi connectivity index (χ3v) is 6.62. The standard InChI is InChI=1S/C27H37N3O3.C2H6/c1-5-9-21(3)29-16-14-24(15-17-29)30(19-22-10-7-6-8-11-22)27(32)28-25-13-12-23(18-20(25)2)26(31)33-4;1-2/h6-8,10-13,18,21,24H,5,9,14-17,19H2,1-4H3,(H,28,32);1-2H3. The number of anilines is 1. The van der Waals surface area contributed by atoms with Crippen molar-refractivity contribution in [3.8, 4) is 0 Å². The topological polar surface area (TPSA) is 61.9 Å². The van der Waals surface area contributed by atoms with E-state index < -0.39 is 0 Å². The third kappa shape index (κ3) is 8.10. The Bertz CT molecular complexity index is 924. The van der Waals surface area contributed by atoms with Gasteiger partial charge in [-0.3, -0.25) is 0 Å². The minimum Gasteiger partial charge on any atom is -0.465 e. The molecule has 0 radical (unpaired) electrons. The molecule has 3 rings (SSSR count). The maximum atomic E-state index is 13.5. The van der Waals surface area contributed by atoms with E-state index in [0.717, 1.165) is 37.1 Å². The number of esters is 1. The number of carbonyl (C=O) groups excluding carboxylic acids is 2. The van der Waals surface area contributed by atoms with Crippen molar-refractivity contribution in [2.45, 2.75) is 78.9 Å². The zero-order valence-electron chi connectivity index (χ0n) is 22.3. The zero-order chi connectivity index (χ0) is 25.8. The highest BCUT2D eigenvalue weighted by atomic mass is 16.5. The lowest BCUT2D eigenvalue weighted by Crippen LogP contribution is -2.50. The van der Waals surface area contributed by atoms with E-state index in [-0.39, 0.29) is 18.0 Å². The van der Waals surface area contributed by atoms with Gasteiger partial charge in [-0.1, -0.05) is 57.5 Å². The molecule has 1 aliphatic rings. The summed E-state index contributed by atoms with van der Waals surface area (Å²) in [6, 6.07) is 16.0. The number of rotatable bonds is 8. The van der Waals surface area contributed by atoms with Gasteiger partial charge in [0, 0.05) is 37.4 Å². The maximum absolute atomic E-state index is 13.5. The van der Waals surface area contributed by atoms with Crippen LogP contribution < -0.4 is 5.32 Å². The van der Waals surface area contributed by atoms with Crippen LogP contribution in [0.1, 0.15) is 74.9 Å². The Morgan fingerprint density at radius 1 is 1.11 bits per heavy atom. The van der Waals surface area contributed by atoms with Crippen LogP contribution in [0.15, 0.2) is 48.5 Å². The first-order valence-electron chi connectivity index (χ1n) is 13.0. The predicted octanol–water partition coefficient (Wildman–Crippen LogP) is 6.49. The molecule has 0 saturated carbocycles. The maximum Gasteiger partial charge on any atom is 0.337 e. The number of benzene rings is 2. The molecule has 0 spiro atoms. The van der Waals surface area contributed by atoms with Gasteiger partial charge in [-0.05, 0) is 62.4 Å². The summed E-state index contributed by atoms with van der Waals surface area (Å²) in [6.45, 7) is 13.0. The minimum absolute atomic E-state index is 0.104. The molecule has 1 N–H and O–H groups in total. The van der Waals surface area contributed by atoms with Crippen LogP contribution in [-0.2, 0) is 11.3 Å². The van der Waals surface area contributed by atoms with E-state index in [1.165, 1.54) is 20.0 Å². The molecule has 6 heteroatoms. The minimum atomic E-state index is -0.384. The lowest BCUT2D eigenvalue weighted by molar-refractivity contribution is 0.0600. The summed E-state index contributed by atoms with van der Waals surface area (Å²) in [6.07, 6.45) is 4.33. The van der Waals surface area contributed by atoms with Crippen LogP contribution in [0.25, 0.3) is 0 Å². The first-order valence-corrected chi connectivity index (χ1v) is 13.0. The average molecular weight is 482 g/mol. The first kappa shape index (κ1) is 28.4. The Morgan fingerprint density at radius 2 is 1.77 bits per heavy atom. The molecule has 0 aromatic heterocycles. The van der Waals surface area contributed by atoms with Crippen LogP contribution in [0.5, 0.6) is 0 Å². The van der Waals surface area contributed by atoms with Crippen molar-refractivity contribution < 1.29 is 14.3 Å². The molecule has 6 nitrogen and oxygen atoms in total. The van der Waals surface area contributed by atoms with Gasteiger partial charge in [0.1, 0.15) is 0 Å². The fourth-order valence-corrected chi connectivity index (χ4v) is 4.62. The molecule has 0 aliphatic carbocycles. The Hall–Kier alpha value is -2.86. The second-order valence-corrected chi connectivity index (χ2v) is 8.97. The number of hydrogen-bond acceptors (Lipinski definition) is 4. The number of aryl methyl sites for hydroxylation is 1. The van der Waals surface area contributed by atoms with E-state index in [9.17, 15) is 9.59 Å². The molecule has 1 fully saturated rings. The monoisotopic (exact) mass is 481 g/mol. The Balaban J connectivity index is 0.00000210. The molecule has 1 atom stereocenters. The van der Waals surface area contributed by atoms with E-state index in [1.807, 2.05) is 43.9 Å². The highest BCUT2D eigenvalue weighted by Crippen LogP contribution is 2.24. The summed E-state index contributed by atoms with van der Waals surface area (Å²) in [7, 11) is 1.36. The van der Waals surface area contributed by atoms with Gasteiger partial charge < -0.3 is 19.9 Å². The van der Waals surface area contributed by atoms with Crippen LogP contribution in [0.2, 0.25) is 0 Å². The van der Waals surface area contributed by atoms with E-state index in [0.29, 0.717) is 23.8 Å². The largest absolute Gasteiger partial charge is 0.465 e. The van der Waals surface area contributed by atoms with Gasteiger partial charge in [-0.25, -0.2) is 9.59 Å². The van der Waals surface area contributed by atoms with E-state index in [1.54, 1.807) is 18.2 Å². The molecular formula is C29H43N3O3. The van der Waals surface area contributed by atoms with Crippen molar-refractivity contribution in [3.63, 3.8) is 0 Å². The number of ether oxygens (including phenoxy) is 1. The smallest absolute Gasteiger partial charge is 0.337 e. The molecule has 35 heavy (non-hydrogen) atoms. The Kier molecular flexibility index (Phi) is 11.8. The molecule has 1 aliphatic heterocycles. The highest BCUT2D eigenvalue weighted by molar-refractivity contribution is 5.93. The van der Waals surface area contributed by atoms with Crippen molar-refractivity contribution in [2.24, 2.45) is 0 Å². The number of urea groups is 1. The van der Waals surface area contributed by atoms with Crippen LogP contribution in [-0.4, -0.2) is 54.1 Å². The number of carbonyl (C=O) groups is 2. The van der Waals surface area contributed by atoms with E-state index >= 15 is 0 Å². The fourth-order valence-electron chi connectivity index (χ4n) is 4.62. The molecule has 1 heterocycles. The number of hydrogen-bond donors (Lipinski definition) is 1. The lowest BCUT2D eigenvalue weighted by Gasteiger charge is -2.40. The summed E-state index contributed by atoms with van der Waals surface area (Å²) in [4.78, 5) is 29.8. The summed E-state index contributed by atoms with van der Waals surface area (Å²) < 4.78 is 4.80. The average Bonchev–Trinajstić information content (AvgIpc) is 2.90. The Morgan fingerprint density at radius 3 is 2.34 bits per heavy atom. The summed E-state index contributed by atoms with van der Waals surface area (Å²) >= 11 is 0. The third-order valence-electron chi connectivity index (χ3n) is 6.62. The van der Waals surface area contributed by atoms with Crippen molar-refractivity contribution in [2.75, 3.05) is 25.5 Å². The molecule has 0 bridgehead atoms. The van der Waals surface area contributed by atoms with Crippen LogP contribution in [0.4, 0.5) is 10.5 Å². The zero-order valence-corrected chi connectivity index (χ0v) is 22.3. The molecule has 2 aromatic rings. The second-order valence-electron chi connectivity index (χ2n) is 8.97. The molecule has 192 valence electrons. The SMILES string of the molecule is CC.CCCC(C)N1CCC(N(Cc2ccccc2)C(=O)Nc2ccc(C(=O)OC)cc2C)CC1. The molecule has 2 amide bonds. The van der Waals surface area contributed by atoms with Crippen molar-refractivity contribution >= 4 is 17.7 Å². The van der Waals surface area contributed by atoms with Crippen molar-refractivity contribution in [3.05, 3.63) is 65.2 Å². The fraction of sp³-hybridized carbons (Fsp3) is 0.517. The number of methoxy groups -OCH3 is 1. The van der Waals surface area contributed by atoms with Gasteiger partial charge in [-0.15, -0.1) is 0 Å². The molecular weight excluding hydrogens is 438 g/mol. The van der Waals surface area contributed by atoms with E-state index in [4.69, 9.17) is 4.74 Å². The van der Waals surface area contributed by atoms with E-state index in [2.05, 4.69) is 36.2 Å². The van der Waals surface area contributed by atoms with Crippen LogP contribution in [0.3, 0.4) is 0 Å². The quantitative estimate of drug-likeness (QED) is 0.438. The normalized spacial score (nSPS) is 14.9. The number of piperidine rings is 1. The second kappa shape index (κ2) is 14.5. The molecule has 2 aromatic carbocycles. The van der Waals surface area contributed by atoms with Crippen molar-refractivity contribution in [1.29, 1.82) is 0 Å².